The van der Waals surface area contributed by atoms with Gasteiger partial charge >= 0.3 is 5.97 Å². The molecule has 0 saturated carbocycles. The van der Waals surface area contributed by atoms with Gasteiger partial charge in [0, 0.05) is 84.3 Å². The van der Waals surface area contributed by atoms with Crippen molar-refractivity contribution in [3.05, 3.63) is 131 Å². The summed E-state index contributed by atoms with van der Waals surface area (Å²) in [6.07, 6.45) is 0.752. The summed E-state index contributed by atoms with van der Waals surface area (Å²) in [4.78, 5) is 16.1. The van der Waals surface area contributed by atoms with E-state index in [9.17, 15) is 4.79 Å². The van der Waals surface area contributed by atoms with E-state index in [0.29, 0.717) is 37.7 Å². The predicted molar refractivity (Wildman–Crippen MR) is 181 cm³/mol. The van der Waals surface area contributed by atoms with Gasteiger partial charge in [-0.05, 0) is 57.5 Å². The number of benzene rings is 4. The van der Waals surface area contributed by atoms with E-state index in [-0.39, 0.29) is 5.97 Å². The highest BCUT2D eigenvalue weighted by molar-refractivity contribution is 5.99. The Balaban J connectivity index is 1.62. The molecule has 1 atom stereocenters. The summed E-state index contributed by atoms with van der Waals surface area (Å²) in [6.45, 7) is 12.7. The number of nitrogens with zero attached hydrogens (tertiary/aromatic N) is 2. The maximum Gasteiger partial charge on any atom is 0.340 e. The maximum absolute atomic E-state index is 13.8. The van der Waals surface area contributed by atoms with Gasteiger partial charge in [0.15, 0.2) is 5.60 Å². The summed E-state index contributed by atoms with van der Waals surface area (Å²) in [5, 5.41) is 1.05. The van der Waals surface area contributed by atoms with Crippen LogP contribution < -0.4 is 9.64 Å². The molecule has 6 heteroatoms. The molecule has 4 aromatic carbocycles. The molecule has 2 heterocycles. The molecule has 0 amide bonds. The van der Waals surface area contributed by atoms with Gasteiger partial charge in [0.25, 0.3) is 0 Å². The van der Waals surface area contributed by atoms with Crippen molar-refractivity contribution in [1.82, 2.24) is 4.57 Å². The van der Waals surface area contributed by atoms with Crippen LogP contribution in [0.1, 0.15) is 65.5 Å². The first-order chi connectivity index (χ1) is 22.0. The molecule has 0 saturated heterocycles. The molecule has 0 aliphatic carbocycles. The minimum Gasteiger partial charge on any atom is -0.493 e. The van der Waals surface area contributed by atoms with E-state index in [0.717, 1.165) is 58.5 Å². The van der Waals surface area contributed by atoms with E-state index in [2.05, 4.69) is 97.0 Å². The van der Waals surface area contributed by atoms with Crippen molar-refractivity contribution in [3.63, 3.8) is 0 Å². The van der Waals surface area contributed by atoms with Crippen LogP contribution in [0.4, 0.5) is 5.69 Å². The Bertz CT molecular complexity index is 1790. The van der Waals surface area contributed by atoms with Gasteiger partial charge in [0.1, 0.15) is 5.75 Å². The number of esters is 1. The van der Waals surface area contributed by atoms with Crippen LogP contribution in [0.15, 0.2) is 97.1 Å². The second-order valence-electron chi connectivity index (χ2n) is 11.4. The number of para-hydroxylation sites is 1. The third kappa shape index (κ3) is 5.48. The molecular weight excluding hydrogens is 560 g/mol. The number of carbonyl (C=O) groups excluding carboxylic acids is 1. The average Bonchev–Trinajstić information content (AvgIpc) is 3.52. The summed E-state index contributed by atoms with van der Waals surface area (Å²) < 4.78 is 21.3. The van der Waals surface area contributed by atoms with Gasteiger partial charge in [0.2, 0.25) is 0 Å². The highest BCUT2D eigenvalue weighted by atomic mass is 16.6. The summed E-state index contributed by atoms with van der Waals surface area (Å²) in [6, 6.07) is 33.0. The second-order valence-corrected chi connectivity index (χ2v) is 11.4. The molecule has 0 bridgehead atoms. The SMILES string of the molecule is CCOCCCOc1cc(N(CC)CC)ccc1C1(c2c(C)n(Cc3ccccc3)c3ccccc23)OC(=O)c2ccccc21. The number of cyclic esters (lactones) is 1. The molecule has 0 N–H and O–H groups in total. The van der Waals surface area contributed by atoms with E-state index in [1.807, 2.05) is 37.3 Å². The van der Waals surface area contributed by atoms with Crippen molar-refractivity contribution in [2.75, 3.05) is 37.8 Å². The van der Waals surface area contributed by atoms with Gasteiger partial charge in [-0.15, -0.1) is 0 Å². The third-order valence-corrected chi connectivity index (χ3v) is 8.91. The Kier molecular flexibility index (Phi) is 8.95. The Hall–Kier alpha value is -4.55. The van der Waals surface area contributed by atoms with Crippen molar-refractivity contribution >= 4 is 22.6 Å². The summed E-state index contributed by atoms with van der Waals surface area (Å²) >= 11 is 0. The van der Waals surface area contributed by atoms with Crippen molar-refractivity contribution < 1.29 is 19.0 Å². The van der Waals surface area contributed by atoms with Crippen LogP contribution in [0.3, 0.4) is 0 Å². The Morgan fingerprint density at radius 2 is 1.56 bits per heavy atom. The van der Waals surface area contributed by atoms with E-state index in [1.165, 1.54) is 5.56 Å². The lowest BCUT2D eigenvalue weighted by Gasteiger charge is -2.33. The number of fused-ring (bicyclic) bond motifs is 2. The molecule has 0 spiro atoms. The number of hydrogen-bond donors (Lipinski definition) is 0. The molecule has 1 aromatic heterocycles. The van der Waals surface area contributed by atoms with Gasteiger partial charge in [0.05, 0.1) is 12.2 Å². The fourth-order valence-electron chi connectivity index (χ4n) is 6.78. The normalized spacial score (nSPS) is 15.7. The Labute approximate surface area is 266 Å². The molecule has 6 nitrogen and oxygen atoms in total. The number of ether oxygens (including phenoxy) is 3. The molecule has 5 aromatic rings. The fraction of sp³-hybridized carbons (Fsp3) is 0.308. The highest BCUT2D eigenvalue weighted by Gasteiger charge is 2.52. The van der Waals surface area contributed by atoms with E-state index in [1.54, 1.807) is 0 Å². The quantitative estimate of drug-likeness (QED) is 0.101. The molecule has 1 aliphatic rings. The topological polar surface area (TPSA) is 52.9 Å². The van der Waals surface area contributed by atoms with Gasteiger partial charge in [-0.1, -0.05) is 66.7 Å². The van der Waals surface area contributed by atoms with Crippen molar-refractivity contribution in [2.45, 2.75) is 46.3 Å². The summed E-state index contributed by atoms with van der Waals surface area (Å²) in [5.74, 6) is 0.375. The minimum absolute atomic E-state index is 0.333. The molecule has 0 fully saturated rings. The Morgan fingerprint density at radius 1 is 0.822 bits per heavy atom. The van der Waals surface area contributed by atoms with Crippen molar-refractivity contribution in [2.24, 2.45) is 0 Å². The molecule has 6 rings (SSSR count). The largest absolute Gasteiger partial charge is 0.493 e. The van der Waals surface area contributed by atoms with Gasteiger partial charge in [-0.25, -0.2) is 4.79 Å². The molecule has 232 valence electrons. The second kappa shape index (κ2) is 13.2. The molecule has 45 heavy (non-hydrogen) atoms. The molecule has 0 radical (unpaired) electrons. The smallest absolute Gasteiger partial charge is 0.340 e. The first-order valence-corrected chi connectivity index (χ1v) is 16.1. The lowest BCUT2D eigenvalue weighted by Crippen LogP contribution is -2.31. The highest BCUT2D eigenvalue weighted by Crippen LogP contribution is 2.53. The summed E-state index contributed by atoms with van der Waals surface area (Å²) in [7, 11) is 0. The monoisotopic (exact) mass is 602 g/mol. The van der Waals surface area contributed by atoms with Crippen LogP contribution in [0.2, 0.25) is 0 Å². The predicted octanol–water partition coefficient (Wildman–Crippen LogP) is 8.11. The van der Waals surface area contributed by atoms with E-state index in [4.69, 9.17) is 14.2 Å². The van der Waals surface area contributed by atoms with Gasteiger partial charge in [-0.2, -0.15) is 0 Å². The lowest BCUT2D eigenvalue weighted by molar-refractivity contribution is 0.0245. The zero-order valence-corrected chi connectivity index (χ0v) is 26.7. The number of hydrogen-bond acceptors (Lipinski definition) is 5. The maximum atomic E-state index is 13.8. The van der Waals surface area contributed by atoms with Crippen LogP contribution in [0, 0.1) is 6.92 Å². The third-order valence-electron chi connectivity index (χ3n) is 8.91. The van der Waals surface area contributed by atoms with Crippen LogP contribution in [-0.4, -0.2) is 43.4 Å². The van der Waals surface area contributed by atoms with Crippen LogP contribution >= 0.6 is 0 Å². The summed E-state index contributed by atoms with van der Waals surface area (Å²) in [5.41, 5.74) is 6.37. The molecule has 1 unspecified atom stereocenters. The lowest BCUT2D eigenvalue weighted by atomic mass is 9.78. The standard InChI is InChI=1S/C39H42N2O4/c1-5-40(6-2)30-22-23-34(36(26-30)44-25-15-24-43-7-3)39(33-20-13-11-18-31(33)38(42)45-39)37-28(4)41(27-29-16-9-8-10-17-29)35-21-14-12-19-32(35)37/h8-14,16-23,26H,5-7,15,24-25,27H2,1-4H3. The van der Waals surface area contributed by atoms with Crippen molar-refractivity contribution in [1.29, 1.82) is 0 Å². The number of rotatable bonds is 13. The average molecular weight is 603 g/mol. The molecule has 1 aliphatic heterocycles. The number of aromatic nitrogens is 1. The van der Waals surface area contributed by atoms with Gasteiger partial charge in [-0.3, -0.25) is 0 Å². The van der Waals surface area contributed by atoms with Crippen LogP contribution in [0.25, 0.3) is 10.9 Å². The minimum atomic E-state index is -1.21. The first kappa shape index (κ1) is 30.5. The Morgan fingerprint density at radius 3 is 2.33 bits per heavy atom. The van der Waals surface area contributed by atoms with Crippen molar-refractivity contribution in [3.8, 4) is 5.75 Å². The first-order valence-electron chi connectivity index (χ1n) is 16.1. The number of carbonyl (C=O) groups is 1. The van der Waals surface area contributed by atoms with Crippen LogP contribution in [-0.2, 0) is 21.6 Å². The zero-order valence-electron chi connectivity index (χ0n) is 26.7. The van der Waals surface area contributed by atoms with Gasteiger partial charge < -0.3 is 23.7 Å². The van der Waals surface area contributed by atoms with E-state index >= 15 is 0 Å². The molecular formula is C39H42N2O4. The van der Waals surface area contributed by atoms with Crippen LogP contribution in [0.5, 0.6) is 5.75 Å². The fourth-order valence-corrected chi connectivity index (χ4v) is 6.78. The van der Waals surface area contributed by atoms with E-state index < -0.39 is 5.60 Å². The number of anilines is 1. The zero-order chi connectivity index (χ0) is 31.4.